The molecule has 0 heterocycles. The molecule has 92 valence electrons. The lowest BCUT2D eigenvalue weighted by Gasteiger charge is -2.09. The quantitative estimate of drug-likeness (QED) is 0.759. The number of thiocarbonyl (C=S) groups is 1. The second kappa shape index (κ2) is 5.82. The zero-order valence-electron chi connectivity index (χ0n) is 9.28. The molecule has 0 aliphatic heterocycles. The maximum atomic E-state index is 5.56. The van der Waals surface area contributed by atoms with Crippen LogP contribution in [0.2, 0.25) is 0 Å². The van der Waals surface area contributed by atoms with Crippen molar-refractivity contribution in [1.82, 2.24) is 0 Å². The first-order valence-electron chi connectivity index (χ1n) is 5.18. The van der Waals surface area contributed by atoms with Crippen LogP contribution in [-0.4, -0.2) is 4.99 Å². The van der Waals surface area contributed by atoms with Gasteiger partial charge in [0.25, 0.3) is 0 Å². The lowest BCUT2D eigenvalue weighted by Crippen LogP contribution is -2.08. The van der Waals surface area contributed by atoms with Crippen molar-refractivity contribution in [1.29, 1.82) is 0 Å². The van der Waals surface area contributed by atoms with E-state index in [-0.39, 0.29) is 0 Å². The fourth-order valence-corrected chi connectivity index (χ4v) is 2.75. The maximum Gasteiger partial charge on any atom is 0.103 e. The van der Waals surface area contributed by atoms with Crippen LogP contribution in [0.1, 0.15) is 5.56 Å². The summed E-state index contributed by atoms with van der Waals surface area (Å²) in [5.41, 5.74) is 8.41. The molecule has 2 rings (SSSR count). The summed E-state index contributed by atoms with van der Waals surface area (Å²) in [5, 5.41) is 3.31. The predicted molar refractivity (Wildman–Crippen MR) is 87.5 cm³/mol. The van der Waals surface area contributed by atoms with E-state index in [1.807, 2.05) is 42.5 Å². The van der Waals surface area contributed by atoms with E-state index < -0.39 is 0 Å². The maximum absolute atomic E-state index is 5.56. The third kappa shape index (κ3) is 3.31. The Bertz CT molecular complexity index is 582. The molecule has 0 spiro atoms. The Morgan fingerprint density at radius 3 is 2.28 bits per heavy atom. The molecular formula is C13H10Br2N2S. The van der Waals surface area contributed by atoms with E-state index in [1.165, 1.54) is 0 Å². The van der Waals surface area contributed by atoms with Gasteiger partial charge in [-0.25, -0.2) is 0 Å². The topological polar surface area (TPSA) is 38.0 Å². The predicted octanol–water partition coefficient (Wildman–Crippen LogP) is 4.59. The van der Waals surface area contributed by atoms with E-state index in [1.54, 1.807) is 0 Å². The van der Waals surface area contributed by atoms with Crippen LogP contribution in [0.3, 0.4) is 0 Å². The van der Waals surface area contributed by atoms with Crippen molar-refractivity contribution in [3.63, 3.8) is 0 Å². The molecule has 5 heteroatoms. The Morgan fingerprint density at radius 2 is 1.72 bits per heavy atom. The highest BCUT2D eigenvalue weighted by atomic mass is 79.9. The van der Waals surface area contributed by atoms with Crippen LogP contribution in [-0.2, 0) is 0 Å². The molecule has 0 saturated heterocycles. The normalized spacial score (nSPS) is 10.1. The first-order chi connectivity index (χ1) is 8.56. The highest BCUT2D eigenvalue weighted by Crippen LogP contribution is 2.28. The molecule has 0 fully saturated rings. The van der Waals surface area contributed by atoms with Gasteiger partial charge in [0, 0.05) is 20.2 Å². The van der Waals surface area contributed by atoms with Crippen LogP contribution in [0.15, 0.2) is 51.4 Å². The number of benzene rings is 2. The monoisotopic (exact) mass is 384 g/mol. The van der Waals surface area contributed by atoms with Crippen molar-refractivity contribution >= 4 is 60.4 Å². The van der Waals surface area contributed by atoms with Gasteiger partial charge >= 0.3 is 0 Å². The van der Waals surface area contributed by atoms with Crippen LogP contribution < -0.4 is 11.1 Å². The second-order valence-corrected chi connectivity index (χ2v) is 5.90. The lowest BCUT2D eigenvalue weighted by atomic mass is 10.2. The lowest BCUT2D eigenvalue weighted by molar-refractivity contribution is 1.50. The third-order valence-electron chi connectivity index (χ3n) is 2.38. The summed E-state index contributed by atoms with van der Waals surface area (Å²) < 4.78 is 2.03. The molecule has 0 saturated carbocycles. The Morgan fingerprint density at radius 1 is 1.06 bits per heavy atom. The molecule has 0 aliphatic carbocycles. The first-order valence-corrected chi connectivity index (χ1v) is 7.17. The molecule has 2 nitrogen and oxygen atoms in total. The molecular weight excluding hydrogens is 376 g/mol. The highest BCUT2D eigenvalue weighted by Gasteiger charge is 2.02. The summed E-state index contributed by atoms with van der Waals surface area (Å²) in [5.74, 6) is 0. The molecule has 2 aromatic carbocycles. The number of anilines is 2. The fourth-order valence-electron chi connectivity index (χ4n) is 1.46. The molecule has 0 atom stereocenters. The number of halogens is 2. The van der Waals surface area contributed by atoms with Crippen LogP contribution >= 0.6 is 44.1 Å². The SMILES string of the molecule is NC(=S)c1ccc(Nc2ccc(Br)cc2Br)cc1. The zero-order valence-corrected chi connectivity index (χ0v) is 13.3. The first kappa shape index (κ1) is 13.5. The number of hydrogen-bond donors (Lipinski definition) is 2. The summed E-state index contributed by atoms with van der Waals surface area (Å²) in [4.78, 5) is 0.409. The molecule has 0 unspecified atom stereocenters. The Labute approximate surface area is 128 Å². The molecule has 0 amide bonds. The highest BCUT2D eigenvalue weighted by molar-refractivity contribution is 9.11. The number of hydrogen-bond acceptors (Lipinski definition) is 2. The van der Waals surface area contributed by atoms with Gasteiger partial charge in [-0.3, -0.25) is 0 Å². The summed E-state index contributed by atoms with van der Waals surface area (Å²) in [6, 6.07) is 13.7. The van der Waals surface area contributed by atoms with Crippen molar-refractivity contribution in [3.05, 3.63) is 57.0 Å². The van der Waals surface area contributed by atoms with E-state index >= 15 is 0 Å². The Kier molecular flexibility index (Phi) is 4.37. The molecule has 0 radical (unpaired) electrons. The van der Waals surface area contributed by atoms with Gasteiger partial charge in [-0.05, 0) is 58.4 Å². The molecule has 2 aromatic rings. The number of nitrogens with one attached hydrogen (secondary N) is 1. The van der Waals surface area contributed by atoms with Gasteiger partial charge in [-0.15, -0.1) is 0 Å². The van der Waals surface area contributed by atoms with Gasteiger partial charge in [0.15, 0.2) is 0 Å². The van der Waals surface area contributed by atoms with E-state index in [2.05, 4.69) is 37.2 Å². The van der Waals surface area contributed by atoms with E-state index in [0.717, 1.165) is 25.9 Å². The molecule has 3 N–H and O–H groups in total. The van der Waals surface area contributed by atoms with Crippen LogP contribution in [0.4, 0.5) is 11.4 Å². The van der Waals surface area contributed by atoms with E-state index in [9.17, 15) is 0 Å². The van der Waals surface area contributed by atoms with Gasteiger partial charge < -0.3 is 11.1 Å². The van der Waals surface area contributed by atoms with Gasteiger partial charge in [-0.1, -0.05) is 28.1 Å². The minimum atomic E-state index is 0.409. The van der Waals surface area contributed by atoms with Crippen LogP contribution in [0.5, 0.6) is 0 Å². The van der Waals surface area contributed by atoms with Gasteiger partial charge in [0.2, 0.25) is 0 Å². The van der Waals surface area contributed by atoms with Crippen molar-refractivity contribution in [3.8, 4) is 0 Å². The average Bonchev–Trinajstić information content (AvgIpc) is 2.33. The third-order valence-corrected chi connectivity index (χ3v) is 3.76. The van der Waals surface area contributed by atoms with Crippen LogP contribution in [0.25, 0.3) is 0 Å². The summed E-state index contributed by atoms with van der Waals surface area (Å²) >= 11 is 11.8. The average molecular weight is 386 g/mol. The molecule has 0 aromatic heterocycles. The molecule has 0 aliphatic rings. The van der Waals surface area contributed by atoms with Crippen molar-refractivity contribution in [2.24, 2.45) is 5.73 Å². The van der Waals surface area contributed by atoms with Crippen molar-refractivity contribution < 1.29 is 0 Å². The fraction of sp³-hybridized carbons (Fsp3) is 0. The second-order valence-electron chi connectivity index (χ2n) is 3.69. The molecule has 0 bridgehead atoms. The van der Waals surface area contributed by atoms with Gasteiger partial charge in [-0.2, -0.15) is 0 Å². The minimum absolute atomic E-state index is 0.409. The summed E-state index contributed by atoms with van der Waals surface area (Å²) in [7, 11) is 0. The minimum Gasteiger partial charge on any atom is -0.389 e. The standard InChI is InChI=1S/C13H10Br2N2S/c14-9-3-6-12(11(15)7-9)17-10-4-1-8(2-5-10)13(16)18/h1-7,17H,(H2,16,18). The Hall–Kier alpha value is -0.910. The van der Waals surface area contributed by atoms with Crippen molar-refractivity contribution in [2.75, 3.05) is 5.32 Å². The smallest absolute Gasteiger partial charge is 0.103 e. The summed E-state index contributed by atoms with van der Waals surface area (Å²) in [6.07, 6.45) is 0. The van der Waals surface area contributed by atoms with Crippen LogP contribution in [0, 0.1) is 0 Å². The van der Waals surface area contributed by atoms with E-state index in [0.29, 0.717) is 4.99 Å². The van der Waals surface area contributed by atoms with E-state index in [4.69, 9.17) is 18.0 Å². The zero-order chi connectivity index (χ0) is 13.1. The largest absolute Gasteiger partial charge is 0.389 e. The number of rotatable bonds is 3. The molecule has 18 heavy (non-hydrogen) atoms. The van der Waals surface area contributed by atoms with Crippen molar-refractivity contribution in [2.45, 2.75) is 0 Å². The summed E-state index contributed by atoms with van der Waals surface area (Å²) in [6.45, 7) is 0. The van der Waals surface area contributed by atoms with Gasteiger partial charge in [0.1, 0.15) is 4.99 Å². The Balaban J connectivity index is 2.21. The van der Waals surface area contributed by atoms with Gasteiger partial charge in [0.05, 0.1) is 5.69 Å². The number of nitrogens with two attached hydrogens (primary N) is 1.